The molecule has 3 aromatic rings. The van der Waals surface area contributed by atoms with Gasteiger partial charge >= 0.3 is 0 Å². The molecule has 0 saturated carbocycles. The average molecular weight is 403 g/mol. The number of nitrogens with zero attached hydrogens (tertiary/aromatic N) is 2. The summed E-state index contributed by atoms with van der Waals surface area (Å²) in [6.07, 6.45) is 0. The van der Waals surface area contributed by atoms with Crippen molar-refractivity contribution in [3.63, 3.8) is 0 Å². The summed E-state index contributed by atoms with van der Waals surface area (Å²) in [5.41, 5.74) is 7.47. The zero-order chi connectivity index (χ0) is 18.4. The third kappa shape index (κ3) is 5.00. The summed E-state index contributed by atoms with van der Waals surface area (Å²) in [4.78, 5) is 18.2. The second-order valence-electron chi connectivity index (χ2n) is 5.29. The number of amides is 1. The Hall–Kier alpha value is -2.03. The Balaban J connectivity index is 1.81. The van der Waals surface area contributed by atoms with Crippen molar-refractivity contribution in [3.05, 3.63) is 60.2 Å². The summed E-state index contributed by atoms with van der Waals surface area (Å²) in [5, 5.41) is 3.68. The molecule has 0 fully saturated rings. The van der Waals surface area contributed by atoms with E-state index in [1.165, 1.54) is 23.3 Å². The molecule has 0 aliphatic heterocycles. The molecule has 26 heavy (non-hydrogen) atoms. The van der Waals surface area contributed by atoms with Crippen LogP contribution < -0.4 is 11.1 Å². The van der Waals surface area contributed by atoms with Gasteiger partial charge in [-0.2, -0.15) is 9.36 Å². The molecule has 0 aliphatic rings. The maximum Gasteiger partial charge on any atom is 0.244 e. The Morgan fingerprint density at radius 1 is 1.23 bits per heavy atom. The van der Waals surface area contributed by atoms with Crippen molar-refractivity contribution < 1.29 is 4.79 Å². The van der Waals surface area contributed by atoms with Crippen LogP contribution in [0, 0.1) is 0 Å². The van der Waals surface area contributed by atoms with E-state index in [1.807, 2.05) is 61.5 Å². The normalized spacial score (nSPS) is 11.9. The van der Waals surface area contributed by atoms with Crippen LogP contribution >= 0.6 is 35.1 Å². The second-order valence-corrected chi connectivity index (χ2v) is 8.45. The zero-order valence-corrected chi connectivity index (χ0v) is 16.5. The minimum atomic E-state index is -0.413. The van der Waals surface area contributed by atoms with Crippen LogP contribution in [-0.2, 0) is 4.79 Å². The summed E-state index contributed by atoms with van der Waals surface area (Å²) in [6, 6.07) is 17.2. The Labute approximate surface area is 165 Å². The lowest BCUT2D eigenvalue weighted by Crippen LogP contribution is -2.19. The number of hydrogen-bond acceptors (Lipinski definition) is 7. The smallest absolute Gasteiger partial charge is 0.244 e. The first-order valence-electron chi connectivity index (χ1n) is 8.00. The fourth-order valence-electron chi connectivity index (χ4n) is 2.24. The molecule has 1 unspecified atom stereocenters. The molecule has 1 aromatic heterocycles. The van der Waals surface area contributed by atoms with E-state index in [1.54, 1.807) is 11.8 Å². The average Bonchev–Trinajstić information content (AvgIpc) is 3.08. The van der Waals surface area contributed by atoms with Crippen molar-refractivity contribution in [2.45, 2.75) is 22.2 Å². The van der Waals surface area contributed by atoms with Gasteiger partial charge < -0.3 is 5.73 Å². The Morgan fingerprint density at radius 3 is 2.77 bits per heavy atom. The van der Waals surface area contributed by atoms with Crippen LogP contribution in [-0.4, -0.2) is 21.0 Å². The van der Waals surface area contributed by atoms with Crippen LogP contribution in [0.2, 0.25) is 0 Å². The first-order chi connectivity index (χ1) is 12.7. The van der Waals surface area contributed by atoms with Gasteiger partial charge in [-0.05, 0) is 29.5 Å². The van der Waals surface area contributed by atoms with E-state index in [2.05, 4.69) is 14.7 Å². The number of nitrogens with two attached hydrogens (primary N) is 1. The summed E-state index contributed by atoms with van der Waals surface area (Å²) >= 11 is 4.21. The van der Waals surface area contributed by atoms with E-state index in [-0.39, 0.29) is 5.91 Å². The van der Waals surface area contributed by atoms with Crippen LogP contribution in [0.4, 0.5) is 10.8 Å². The first kappa shape index (κ1) is 18.8. The van der Waals surface area contributed by atoms with Gasteiger partial charge in [0.2, 0.25) is 16.2 Å². The van der Waals surface area contributed by atoms with Crippen LogP contribution in [0.25, 0.3) is 0 Å². The topological polar surface area (TPSA) is 80.9 Å². The van der Waals surface area contributed by atoms with Gasteiger partial charge in [0.05, 0.1) is 0 Å². The highest BCUT2D eigenvalue weighted by Crippen LogP contribution is 2.37. The monoisotopic (exact) mass is 402 g/mol. The van der Waals surface area contributed by atoms with E-state index in [0.717, 1.165) is 16.2 Å². The molecule has 8 heteroatoms. The van der Waals surface area contributed by atoms with Gasteiger partial charge in [0.25, 0.3) is 0 Å². The van der Waals surface area contributed by atoms with E-state index in [0.29, 0.717) is 16.0 Å². The quantitative estimate of drug-likeness (QED) is 0.440. The molecule has 0 bridgehead atoms. The molecule has 0 aliphatic carbocycles. The zero-order valence-electron chi connectivity index (χ0n) is 14.1. The number of aromatic nitrogens is 2. The molecule has 1 heterocycles. The van der Waals surface area contributed by atoms with Crippen molar-refractivity contribution in [1.82, 2.24) is 9.36 Å². The van der Waals surface area contributed by atoms with Crippen molar-refractivity contribution in [3.8, 4) is 0 Å². The maximum absolute atomic E-state index is 12.9. The van der Waals surface area contributed by atoms with Gasteiger partial charge in [-0.25, -0.2) is 0 Å². The fraction of sp³-hybridized carbons (Fsp3) is 0.167. The van der Waals surface area contributed by atoms with Crippen molar-refractivity contribution in [1.29, 1.82) is 0 Å². The Bertz CT molecular complexity index is 870. The summed E-state index contributed by atoms with van der Waals surface area (Å²) in [6.45, 7) is 2.04. The minimum Gasteiger partial charge on any atom is -0.399 e. The van der Waals surface area contributed by atoms with E-state index < -0.39 is 5.25 Å². The lowest BCUT2D eigenvalue weighted by Gasteiger charge is -2.16. The predicted octanol–water partition coefficient (Wildman–Crippen LogP) is 4.70. The van der Waals surface area contributed by atoms with Crippen molar-refractivity contribution >= 4 is 51.8 Å². The van der Waals surface area contributed by atoms with E-state index >= 15 is 0 Å². The third-order valence-corrected chi connectivity index (χ3v) is 6.09. The van der Waals surface area contributed by atoms with Gasteiger partial charge in [-0.3, -0.25) is 10.1 Å². The predicted molar refractivity (Wildman–Crippen MR) is 111 cm³/mol. The third-order valence-electron chi connectivity index (χ3n) is 3.36. The van der Waals surface area contributed by atoms with Gasteiger partial charge in [-0.15, -0.1) is 11.8 Å². The number of nitrogens with one attached hydrogen (secondary N) is 1. The first-order valence-corrected chi connectivity index (χ1v) is 10.6. The van der Waals surface area contributed by atoms with Crippen molar-refractivity contribution in [2.24, 2.45) is 0 Å². The number of carbonyl (C=O) groups excluding carboxylic acids is 1. The Morgan fingerprint density at radius 2 is 2.04 bits per heavy atom. The minimum absolute atomic E-state index is 0.132. The van der Waals surface area contributed by atoms with Crippen LogP contribution in [0.3, 0.4) is 0 Å². The maximum atomic E-state index is 12.9. The largest absolute Gasteiger partial charge is 0.399 e. The number of anilines is 2. The molecule has 5 nitrogen and oxygen atoms in total. The summed E-state index contributed by atoms with van der Waals surface area (Å²) < 4.78 is 4.24. The summed E-state index contributed by atoms with van der Waals surface area (Å²) in [5.74, 6) is 0.759. The molecule has 0 saturated heterocycles. The molecule has 0 spiro atoms. The SMILES string of the molecule is CCSc1nsc(NC(=O)C(Sc2cccc(N)c2)c2ccccc2)n1. The van der Waals surface area contributed by atoms with Crippen LogP contribution in [0.5, 0.6) is 0 Å². The highest BCUT2D eigenvalue weighted by atomic mass is 32.2. The van der Waals surface area contributed by atoms with E-state index in [9.17, 15) is 4.79 Å². The number of carbonyl (C=O) groups is 1. The second kappa shape index (κ2) is 9.07. The molecule has 1 atom stereocenters. The molecule has 2 aromatic carbocycles. The lowest BCUT2D eigenvalue weighted by molar-refractivity contribution is -0.115. The molecular formula is C18H18N4OS3. The number of hydrogen-bond donors (Lipinski definition) is 2. The van der Waals surface area contributed by atoms with E-state index in [4.69, 9.17) is 5.73 Å². The molecule has 134 valence electrons. The number of thioether (sulfide) groups is 2. The molecule has 3 rings (SSSR count). The van der Waals surface area contributed by atoms with Crippen LogP contribution in [0.15, 0.2) is 64.6 Å². The lowest BCUT2D eigenvalue weighted by atomic mass is 10.1. The van der Waals surface area contributed by atoms with Gasteiger partial charge in [-0.1, -0.05) is 55.1 Å². The molecule has 3 N–H and O–H groups in total. The molecule has 0 radical (unpaired) electrons. The summed E-state index contributed by atoms with van der Waals surface area (Å²) in [7, 11) is 0. The number of rotatable bonds is 7. The standard InChI is InChI=1S/C18H18N4OS3/c1-2-24-18-21-17(26-22-18)20-16(23)15(12-7-4-3-5-8-12)25-14-10-6-9-13(19)11-14/h3-11,15H,2,19H2,1H3,(H,20,21,22,23). The highest BCUT2D eigenvalue weighted by molar-refractivity contribution is 8.00. The Kier molecular flexibility index (Phi) is 6.54. The number of benzene rings is 2. The van der Waals surface area contributed by atoms with Gasteiger partial charge in [0.15, 0.2) is 0 Å². The molecular weight excluding hydrogens is 384 g/mol. The van der Waals surface area contributed by atoms with Gasteiger partial charge in [0, 0.05) is 22.1 Å². The highest BCUT2D eigenvalue weighted by Gasteiger charge is 2.23. The van der Waals surface area contributed by atoms with Crippen LogP contribution in [0.1, 0.15) is 17.7 Å². The fourth-order valence-corrected chi connectivity index (χ4v) is 4.61. The van der Waals surface area contributed by atoms with Crippen molar-refractivity contribution in [2.75, 3.05) is 16.8 Å². The van der Waals surface area contributed by atoms with Gasteiger partial charge in [0.1, 0.15) is 5.25 Å². The molecule has 1 amide bonds. The number of nitrogen functional groups attached to an aromatic ring is 1.